The molecule has 0 spiro atoms. The third-order valence-corrected chi connectivity index (χ3v) is 4.19. The van der Waals surface area contributed by atoms with Gasteiger partial charge in [0.1, 0.15) is 12.7 Å². The molecule has 1 fully saturated rings. The molecule has 0 radical (unpaired) electrons. The van der Waals surface area contributed by atoms with E-state index in [4.69, 9.17) is 14.2 Å². The van der Waals surface area contributed by atoms with Gasteiger partial charge < -0.3 is 19.3 Å². The van der Waals surface area contributed by atoms with Crippen LogP contribution in [-0.2, 0) is 0 Å². The minimum absolute atomic E-state index is 0. The lowest BCUT2D eigenvalue weighted by Crippen LogP contribution is -2.43. The molecule has 0 amide bonds. The fraction of sp³-hybridized carbons (Fsp3) is 0.647. The van der Waals surface area contributed by atoms with Crippen LogP contribution in [0.15, 0.2) is 18.2 Å². The van der Waals surface area contributed by atoms with Crippen molar-refractivity contribution in [3.05, 3.63) is 18.2 Å². The zero-order valence-corrected chi connectivity index (χ0v) is 15.0. The number of methoxy groups -OCH3 is 2. The van der Waals surface area contributed by atoms with E-state index < -0.39 is 6.10 Å². The van der Waals surface area contributed by atoms with Crippen LogP contribution in [0.2, 0.25) is 0 Å². The first-order valence-electron chi connectivity index (χ1n) is 7.91. The van der Waals surface area contributed by atoms with E-state index in [0.717, 1.165) is 6.54 Å². The molecule has 23 heavy (non-hydrogen) atoms. The summed E-state index contributed by atoms with van der Waals surface area (Å²) in [7, 11) is 3.18. The Morgan fingerprint density at radius 1 is 1.22 bits per heavy atom. The van der Waals surface area contributed by atoms with Crippen molar-refractivity contribution in [2.24, 2.45) is 0 Å². The number of rotatable bonds is 7. The normalized spacial score (nSPS) is 19.6. The van der Waals surface area contributed by atoms with Crippen LogP contribution in [0.25, 0.3) is 0 Å². The Morgan fingerprint density at radius 3 is 2.43 bits per heavy atom. The second-order valence-electron chi connectivity index (χ2n) is 5.80. The number of hydrogen-bond donors (Lipinski definition) is 1. The van der Waals surface area contributed by atoms with E-state index in [1.807, 2.05) is 18.2 Å². The number of para-hydroxylation sites is 1. The Balaban J connectivity index is 0.00000264. The summed E-state index contributed by atoms with van der Waals surface area (Å²) in [6.45, 7) is 4.13. The van der Waals surface area contributed by atoms with Crippen LogP contribution in [0, 0.1) is 0 Å². The molecule has 6 heteroatoms. The molecule has 5 nitrogen and oxygen atoms in total. The summed E-state index contributed by atoms with van der Waals surface area (Å²) >= 11 is 0. The van der Waals surface area contributed by atoms with Gasteiger partial charge in [0, 0.05) is 12.6 Å². The Morgan fingerprint density at radius 2 is 1.87 bits per heavy atom. The number of hydrogen-bond acceptors (Lipinski definition) is 5. The second kappa shape index (κ2) is 9.85. The van der Waals surface area contributed by atoms with Crippen LogP contribution in [0.3, 0.4) is 0 Å². The van der Waals surface area contributed by atoms with E-state index in [1.165, 1.54) is 19.3 Å². The average molecular weight is 346 g/mol. The highest BCUT2D eigenvalue weighted by Gasteiger charge is 2.21. The molecule has 132 valence electrons. The van der Waals surface area contributed by atoms with Gasteiger partial charge in [0.25, 0.3) is 0 Å². The molecule has 2 unspecified atom stereocenters. The van der Waals surface area contributed by atoms with E-state index in [-0.39, 0.29) is 19.0 Å². The molecule has 0 aliphatic carbocycles. The monoisotopic (exact) mass is 345 g/mol. The molecular weight excluding hydrogens is 318 g/mol. The fourth-order valence-electron chi connectivity index (χ4n) is 2.89. The van der Waals surface area contributed by atoms with Crippen molar-refractivity contribution in [2.75, 3.05) is 33.9 Å². The maximum atomic E-state index is 10.3. The molecule has 1 aliphatic rings. The molecule has 1 saturated heterocycles. The lowest BCUT2D eigenvalue weighted by Gasteiger charge is -2.34. The number of piperidine rings is 1. The summed E-state index contributed by atoms with van der Waals surface area (Å²) in [6, 6.07) is 6.01. The van der Waals surface area contributed by atoms with Gasteiger partial charge >= 0.3 is 0 Å². The molecule has 0 saturated carbocycles. The topological polar surface area (TPSA) is 51.2 Å². The predicted octanol–water partition coefficient (Wildman–Crippen LogP) is 2.74. The molecule has 2 atom stereocenters. The number of aliphatic hydroxyl groups is 1. The van der Waals surface area contributed by atoms with Crippen molar-refractivity contribution in [2.45, 2.75) is 38.3 Å². The highest BCUT2D eigenvalue weighted by Crippen LogP contribution is 2.36. The van der Waals surface area contributed by atoms with Gasteiger partial charge in [-0.2, -0.15) is 0 Å². The number of likely N-dealkylation sites (tertiary alicyclic amines) is 1. The number of benzene rings is 1. The Hall–Kier alpha value is -1.17. The fourth-order valence-corrected chi connectivity index (χ4v) is 2.89. The Kier molecular flexibility index (Phi) is 8.52. The zero-order chi connectivity index (χ0) is 15.9. The van der Waals surface area contributed by atoms with Crippen LogP contribution in [0.4, 0.5) is 0 Å². The minimum Gasteiger partial charge on any atom is -0.493 e. The number of β-amino-alcohol motifs (C(OH)–C–C–N with tert-alkyl or cyclic N) is 1. The van der Waals surface area contributed by atoms with Crippen LogP contribution < -0.4 is 14.2 Å². The first-order valence-corrected chi connectivity index (χ1v) is 7.91. The van der Waals surface area contributed by atoms with Gasteiger partial charge in [-0.25, -0.2) is 0 Å². The Bertz CT molecular complexity index is 450. The van der Waals surface area contributed by atoms with Crippen molar-refractivity contribution in [1.29, 1.82) is 0 Å². The van der Waals surface area contributed by atoms with Crippen molar-refractivity contribution >= 4 is 12.4 Å². The Labute approximate surface area is 144 Å². The lowest BCUT2D eigenvalue weighted by atomic mass is 10.0. The highest BCUT2D eigenvalue weighted by molar-refractivity contribution is 5.85. The zero-order valence-electron chi connectivity index (χ0n) is 14.2. The average Bonchev–Trinajstić information content (AvgIpc) is 2.54. The van der Waals surface area contributed by atoms with E-state index in [0.29, 0.717) is 29.8 Å². The molecule has 2 rings (SSSR count). The summed E-state index contributed by atoms with van der Waals surface area (Å²) in [5, 5.41) is 10.3. The third-order valence-electron chi connectivity index (χ3n) is 4.19. The van der Waals surface area contributed by atoms with Crippen LogP contribution in [-0.4, -0.2) is 56.1 Å². The summed E-state index contributed by atoms with van der Waals surface area (Å²) < 4.78 is 16.3. The van der Waals surface area contributed by atoms with Gasteiger partial charge in [-0.1, -0.05) is 12.5 Å². The van der Waals surface area contributed by atoms with E-state index in [1.54, 1.807) is 14.2 Å². The van der Waals surface area contributed by atoms with Crippen molar-refractivity contribution in [1.82, 2.24) is 4.90 Å². The summed E-state index contributed by atoms with van der Waals surface area (Å²) in [4.78, 5) is 2.33. The summed E-state index contributed by atoms with van der Waals surface area (Å²) in [6.07, 6.45) is 3.16. The van der Waals surface area contributed by atoms with Crippen LogP contribution in [0.1, 0.15) is 26.2 Å². The molecule has 0 bridgehead atoms. The van der Waals surface area contributed by atoms with Gasteiger partial charge in [-0.15, -0.1) is 12.4 Å². The van der Waals surface area contributed by atoms with Crippen molar-refractivity contribution < 1.29 is 19.3 Å². The minimum atomic E-state index is -0.532. The van der Waals surface area contributed by atoms with Gasteiger partial charge in [-0.3, -0.25) is 4.90 Å². The summed E-state index contributed by atoms with van der Waals surface area (Å²) in [5.74, 6) is 1.76. The van der Waals surface area contributed by atoms with E-state index >= 15 is 0 Å². The molecule has 1 aromatic carbocycles. The SMILES string of the molecule is COc1cccc(OC)c1OCC(O)CN1CCCCC1C.Cl. The van der Waals surface area contributed by atoms with Crippen molar-refractivity contribution in [3.63, 3.8) is 0 Å². The van der Waals surface area contributed by atoms with Gasteiger partial charge in [0.15, 0.2) is 11.5 Å². The molecule has 1 aromatic rings. The molecule has 1 N–H and O–H groups in total. The quantitative estimate of drug-likeness (QED) is 0.823. The lowest BCUT2D eigenvalue weighted by molar-refractivity contribution is 0.0424. The molecule has 1 heterocycles. The number of aliphatic hydroxyl groups excluding tert-OH is 1. The second-order valence-corrected chi connectivity index (χ2v) is 5.80. The van der Waals surface area contributed by atoms with Gasteiger partial charge in [-0.05, 0) is 38.4 Å². The van der Waals surface area contributed by atoms with Gasteiger partial charge in [0.05, 0.1) is 14.2 Å². The van der Waals surface area contributed by atoms with Crippen molar-refractivity contribution in [3.8, 4) is 17.2 Å². The molecular formula is C17H28ClNO4. The third kappa shape index (κ3) is 5.44. The maximum absolute atomic E-state index is 10.3. The first-order chi connectivity index (χ1) is 10.7. The van der Waals surface area contributed by atoms with E-state index in [2.05, 4.69) is 11.8 Å². The van der Waals surface area contributed by atoms with Crippen LogP contribution in [0.5, 0.6) is 17.2 Å². The molecule has 0 aromatic heterocycles. The van der Waals surface area contributed by atoms with E-state index in [9.17, 15) is 5.11 Å². The number of nitrogens with zero attached hydrogens (tertiary/aromatic N) is 1. The molecule has 1 aliphatic heterocycles. The highest BCUT2D eigenvalue weighted by atomic mass is 35.5. The predicted molar refractivity (Wildman–Crippen MR) is 93.2 cm³/mol. The first kappa shape index (κ1) is 19.9. The summed E-state index contributed by atoms with van der Waals surface area (Å²) in [5.41, 5.74) is 0. The number of ether oxygens (including phenoxy) is 3. The van der Waals surface area contributed by atoms with Crippen LogP contribution >= 0.6 is 12.4 Å². The number of halogens is 1. The maximum Gasteiger partial charge on any atom is 0.203 e. The van der Waals surface area contributed by atoms with Gasteiger partial charge in [0.2, 0.25) is 5.75 Å². The smallest absolute Gasteiger partial charge is 0.203 e. The largest absolute Gasteiger partial charge is 0.493 e. The standard InChI is InChI=1S/C17H27NO4.ClH/c1-13-7-4-5-10-18(13)11-14(19)12-22-17-15(20-2)8-6-9-16(17)21-3;/h6,8-9,13-14,19H,4-5,7,10-12H2,1-3H3;1H.